The SMILES string of the molecule is NC(=O)[C@H](Cc1c[nH]c2ccccc12)NC(=O)c1ccc2ccccc2c1. The number of primary amides is 1. The van der Waals surface area contributed by atoms with Gasteiger partial charge in [-0.25, -0.2) is 0 Å². The number of aromatic nitrogens is 1. The Bertz CT molecular complexity index is 1150. The van der Waals surface area contributed by atoms with Crippen molar-refractivity contribution in [2.45, 2.75) is 12.5 Å². The highest BCUT2D eigenvalue weighted by atomic mass is 16.2. The van der Waals surface area contributed by atoms with Crippen LogP contribution in [-0.4, -0.2) is 22.8 Å². The molecular weight excluding hydrogens is 338 g/mol. The summed E-state index contributed by atoms with van der Waals surface area (Å²) in [7, 11) is 0. The van der Waals surface area contributed by atoms with Crippen molar-refractivity contribution in [2.75, 3.05) is 0 Å². The lowest BCUT2D eigenvalue weighted by atomic mass is 10.0. The van der Waals surface area contributed by atoms with Crippen LogP contribution in [-0.2, 0) is 11.2 Å². The van der Waals surface area contributed by atoms with E-state index in [0.29, 0.717) is 12.0 Å². The number of hydrogen-bond donors (Lipinski definition) is 3. The number of nitrogens with two attached hydrogens (primary N) is 1. The van der Waals surface area contributed by atoms with Crippen LogP contribution in [0.1, 0.15) is 15.9 Å². The van der Waals surface area contributed by atoms with Crippen LogP contribution in [0.15, 0.2) is 72.9 Å². The summed E-state index contributed by atoms with van der Waals surface area (Å²) < 4.78 is 0. The van der Waals surface area contributed by atoms with Gasteiger partial charge in [0, 0.05) is 29.1 Å². The maximum absolute atomic E-state index is 12.7. The number of para-hydroxylation sites is 1. The molecule has 0 fully saturated rings. The van der Waals surface area contributed by atoms with Gasteiger partial charge in [0.15, 0.2) is 0 Å². The fraction of sp³-hybridized carbons (Fsp3) is 0.0909. The summed E-state index contributed by atoms with van der Waals surface area (Å²) in [5.41, 5.74) is 7.97. The Balaban J connectivity index is 1.57. The van der Waals surface area contributed by atoms with Gasteiger partial charge >= 0.3 is 0 Å². The van der Waals surface area contributed by atoms with Crippen molar-refractivity contribution in [1.29, 1.82) is 0 Å². The summed E-state index contributed by atoms with van der Waals surface area (Å²) in [5, 5.41) is 5.82. The van der Waals surface area contributed by atoms with Crippen LogP contribution in [0.5, 0.6) is 0 Å². The lowest BCUT2D eigenvalue weighted by molar-refractivity contribution is -0.119. The molecule has 1 atom stereocenters. The van der Waals surface area contributed by atoms with Gasteiger partial charge in [0.25, 0.3) is 5.91 Å². The molecule has 5 nitrogen and oxygen atoms in total. The molecule has 0 saturated heterocycles. The first kappa shape index (κ1) is 16.8. The van der Waals surface area contributed by atoms with Gasteiger partial charge in [-0.15, -0.1) is 0 Å². The molecule has 0 aliphatic heterocycles. The average Bonchev–Trinajstić information content (AvgIpc) is 3.10. The molecule has 4 aromatic rings. The largest absolute Gasteiger partial charge is 0.368 e. The van der Waals surface area contributed by atoms with Gasteiger partial charge in [0.1, 0.15) is 6.04 Å². The predicted molar refractivity (Wildman–Crippen MR) is 106 cm³/mol. The maximum atomic E-state index is 12.7. The Morgan fingerprint density at radius 3 is 2.52 bits per heavy atom. The second-order valence-electron chi connectivity index (χ2n) is 6.55. The second-order valence-corrected chi connectivity index (χ2v) is 6.55. The quantitative estimate of drug-likeness (QED) is 0.512. The van der Waals surface area contributed by atoms with E-state index in [9.17, 15) is 9.59 Å². The molecule has 27 heavy (non-hydrogen) atoms. The van der Waals surface area contributed by atoms with E-state index in [1.807, 2.05) is 66.9 Å². The third-order valence-electron chi connectivity index (χ3n) is 4.76. The standard InChI is InChI=1S/C22H19N3O2/c23-21(26)20(12-17-13-24-19-8-4-3-7-18(17)19)25-22(27)16-10-9-14-5-1-2-6-15(14)11-16/h1-11,13,20,24H,12H2,(H2,23,26)(H,25,27)/t20-/m0/s1. The summed E-state index contributed by atoms with van der Waals surface area (Å²) in [6.45, 7) is 0. The third-order valence-corrected chi connectivity index (χ3v) is 4.76. The number of carbonyl (C=O) groups excluding carboxylic acids is 2. The molecule has 0 bridgehead atoms. The van der Waals surface area contributed by atoms with Crippen LogP contribution < -0.4 is 11.1 Å². The Kier molecular flexibility index (Phi) is 4.34. The first-order chi connectivity index (χ1) is 13.1. The number of hydrogen-bond acceptors (Lipinski definition) is 2. The van der Waals surface area contributed by atoms with E-state index in [-0.39, 0.29) is 5.91 Å². The fourth-order valence-corrected chi connectivity index (χ4v) is 3.32. The summed E-state index contributed by atoms with van der Waals surface area (Å²) in [6, 6.07) is 20.3. The van der Waals surface area contributed by atoms with Gasteiger partial charge in [0.05, 0.1) is 0 Å². The van der Waals surface area contributed by atoms with Crippen LogP contribution >= 0.6 is 0 Å². The first-order valence-electron chi connectivity index (χ1n) is 8.76. The number of carbonyl (C=O) groups is 2. The molecule has 2 amide bonds. The molecule has 0 aliphatic rings. The van der Waals surface area contributed by atoms with E-state index in [1.165, 1.54) is 0 Å². The molecule has 0 radical (unpaired) electrons. The van der Waals surface area contributed by atoms with Gasteiger partial charge in [-0.2, -0.15) is 0 Å². The van der Waals surface area contributed by atoms with Crippen LogP contribution in [0.4, 0.5) is 0 Å². The van der Waals surface area contributed by atoms with Crippen molar-refractivity contribution in [1.82, 2.24) is 10.3 Å². The molecule has 0 unspecified atom stereocenters. The maximum Gasteiger partial charge on any atom is 0.251 e. The Morgan fingerprint density at radius 2 is 1.70 bits per heavy atom. The summed E-state index contributed by atoms with van der Waals surface area (Å²) in [5.74, 6) is -0.876. The first-order valence-corrected chi connectivity index (χ1v) is 8.76. The summed E-state index contributed by atoms with van der Waals surface area (Å²) >= 11 is 0. The van der Waals surface area contributed by atoms with Gasteiger partial charge in [-0.3, -0.25) is 9.59 Å². The fourth-order valence-electron chi connectivity index (χ4n) is 3.32. The zero-order valence-electron chi connectivity index (χ0n) is 14.6. The number of fused-ring (bicyclic) bond motifs is 2. The van der Waals surface area contributed by atoms with Crippen LogP contribution in [0, 0.1) is 0 Å². The van der Waals surface area contributed by atoms with Crippen LogP contribution in [0.3, 0.4) is 0 Å². The minimum Gasteiger partial charge on any atom is -0.368 e. The van der Waals surface area contributed by atoms with Gasteiger partial charge in [-0.05, 0) is 34.5 Å². The number of H-pyrrole nitrogens is 1. The number of amides is 2. The molecule has 4 N–H and O–H groups in total. The zero-order valence-corrected chi connectivity index (χ0v) is 14.6. The van der Waals surface area contributed by atoms with E-state index in [1.54, 1.807) is 6.07 Å². The van der Waals surface area contributed by atoms with E-state index >= 15 is 0 Å². The van der Waals surface area contributed by atoms with Crippen molar-refractivity contribution >= 4 is 33.5 Å². The van der Waals surface area contributed by atoms with Crippen molar-refractivity contribution in [2.24, 2.45) is 5.73 Å². The van der Waals surface area contributed by atoms with Crippen molar-refractivity contribution in [3.05, 3.63) is 84.1 Å². The molecular formula is C22H19N3O2. The van der Waals surface area contributed by atoms with Gasteiger partial charge in [0.2, 0.25) is 5.91 Å². The highest BCUT2D eigenvalue weighted by Crippen LogP contribution is 2.20. The highest BCUT2D eigenvalue weighted by molar-refractivity contribution is 6.00. The monoisotopic (exact) mass is 357 g/mol. The molecule has 0 spiro atoms. The van der Waals surface area contributed by atoms with Crippen molar-refractivity contribution in [3.8, 4) is 0 Å². The molecule has 5 heteroatoms. The zero-order chi connectivity index (χ0) is 18.8. The van der Waals surface area contributed by atoms with Crippen molar-refractivity contribution in [3.63, 3.8) is 0 Å². The second kappa shape index (κ2) is 6.96. The molecule has 4 rings (SSSR count). The third kappa shape index (κ3) is 3.40. The average molecular weight is 357 g/mol. The molecule has 0 saturated carbocycles. The minimum atomic E-state index is -0.789. The van der Waals surface area contributed by atoms with Gasteiger partial charge in [-0.1, -0.05) is 48.5 Å². The Hall–Kier alpha value is -3.60. The molecule has 1 heterocycles. The lowest BCUT2D eigenvalue weighted by Crippen LogP contribution is -2.45. The van der Waals surface area contributed by atoms with Crippen molar-refractivity contribution < 1.29 is 9.59 Å². The smallest absolute Gasteiger partial charge is 0.251 e. The molecule has 3 aromatic carbocycles. The number of rotatable bonds is 5. The highest BCUT2D eigenvalue weighted by Gasteiger charge is 2.21. The van der Waals surface area contributed by atoms with Gasteiger partial charge < -0.3 is 16.0 Å². The van der Waals surface area contributed by atoms with Crippen LogP contribution in [0.2, 0.25) is 0 Å². The topological polar surface area (TPSA) is 88.0 Å². The summed E-state index contributed by atoms with van der Waals surface area (Å²) in [4.78, 5) is 27.8. The van der Waals surface area contributed by atoms with E-state index in [0.717, 1.165) is 27.2 Å². The number of nitrogens with one attached hydrogen (secondary N) is 2. The molecule has 0 aliphatic carbocycles. The Labute approximate surface area is 156 Å². The van der Waals surface area contributed by atoms with E-state index < -0.39 is 11.9 Å². The molecule has 134 valence electrons. The Morgan fingerprint density at radius 1 is 0.963 bits per heavy atom. The van der Waals surface area contributed by atoms with Crippen LogP contribution in [0.25, 0.3) is 21.7 Å². The minimum absolute atomic E-state index is 0.315. The number of aromatic amines is 1. The number of benzene rings is 3. The summed E-state index contributed by atoms with van der Waals surface area (Å²) in [6.07, 6.45) is 2.18. The van der Waals surface area contributed by atoms with E-state index in [2.05, 4.69) is 10.3 Å². The predicted octanol–water partition coefficient (Wildman–Crippen LogP) is 3.15. The molecule has 1 aromatic heterocycles. The van der Waals surface area contributed by atoms with E-state index in [4.69, 9.17) is 5.73 Å². The lowest BCUT2D eigenvalue weighted by Gasteiger charge is -2.15. The normalized spacial score (nSPS) is 12.1.